The Morgan fingerprint density at radius 1 is 1.04 bits per heavy atom. The van der Waals surface area contributed by atoms with E-state index < -0.39 is 0 Å². The molecular formula is C22H42O2. The van der Waals surface area contributed by atoms with Gasteiger partial charge in [-0.3, -0.25) is 0 Å². The molecule has 0 spiro atoms. The summed E-state index contributed by atoms with van der Waals surface area (Å²) in [5, 5.41) is 18.6. The summed E-state index contributed by atoms with van der Waals surface area (Å²) in [7, 11) is 0. The molecule has 0 radical (unpaired) electrons. The molecule has 0 amide bonds. The maximum absolute atomic E-state index is 9.69. The van der Waals surface area contributed by atoms with Crippen molar-refractivity contribution in [3.63, 3.8) is 0 Å². The summed E-state index contributed by atoms with van der Waals surface area (Å²) in [6.07, 6.45) is 11.9. The molecule has 2 aliphatic rings. The van der Waals surface area contributed by atoms with Crippen molar-refractivity contribution in [1.29, 1.82) is 0 Å². The van der Waals surface area contributed by atoms with Crippen LogP contribution in [0.5, 0.6) is 0 Å². The van der Waals surface area contributed by atoms with Gasteiger partial charge in [-0.05, 0) is 73.7 Å². The van der Waals surface area contributed by atoms with Crippen LogP contribution in [0.4, 0.5) is 0 Å². The number of hydrogen-bond acceptors (Lipinski definition) is 2. The summed E-state index contributed by atoms with van der Waals surface area (Å²) < 4.78 is 0. The quantitative estimate of drug-likeness (QED) is 0.642. The second-order valence-electron chi connectivity index (χ2n) is 8.44. The molecule has 0 aromatic carbocycles. The van der Waals surface area contributed by atoms with Crippen molar-refractivity contribution in [3.8, 4) is 0 Å². The van der Waals surface area contributed by atoms with Crippen molar-refractivity contribution in [2.75, 3.05) is 6.61 Å². The van der Waals surface area contributed by atoms with Crippen molar-refractivity contribution in [2.45, 2.75) is 92.1 Å². The lowest BCUT2D eigenvalue weighted by atomic mass is 9.75. The van der Waals surface area contributed by atoms with Gasteiger partial charge in [0.1, 0.15) is 0 Å². The maximum atomic E-state index is 9.69. The summed E-state index contributed by atoms with van der Waals surface area (Å²) in [6, 6.07) is 0. The van der Waals surface area contributed by atoms with E-state index in [0.717, 1.165) is 36.5 Å². The highest BCUT2D eigenvalue weighted by molar-refractivity contribution is 5.06. The van der Waals surface area contributed by atoms with Crippen molar-refractivity contribution >= 4 is 0 Å². The van der Waals surface area contributed by atoms with Crippen LogP contribution >= 0.6 is 0 Å². The number of aliphatic hydroxyl groups is 2. The Labute approximate surface area is 150 Å². The Bertz CT molecular complexity index is 363. The Kier molecular flexibility index (Phi) is 10.2. The smallest absolute Gasteiger partial charge is 0.0641 e. The molecule has 2 aliphatic carbocycles. The lowest BCUT2D eigenvalue weighted by Crippen LogP contribution is -2.30. The van der Waals surface area contributed by atoms with Crippen LogP contribution < -0.4 is 0 Å². The van der Waals surface area contributed by atoms with E-state index in [0.29, 0.717) is 5.92 Å². The van der Waals surface area contributed by atoms with E-state index in [2.05, 4.69) is 40.7 Å². The van der Waals surface area contributed by atoms with Gasteiger partial charge in [0.2, 0.25) is 0 Å². The SMILES string of the molecule is CCC(C)C1CC=C(CO)CC1.CCC(C)C1CCC(C)C(O)C1. The predicted octanol–water partition coefficient (Wildman–Crippen LogP) is 5.58. The van der Waals surface area contributed by atoms with Crippen molar-refractivity contribution < 1.29 is 10.2 Å². The third-order valence-corrected chi connectivity index (χ3v) is 6.84. The lowest BCUT2D eigenvalue weighted by Gasteiger charge is -2.34. The topological polar surface area (TPSA) is 40.5 Å². The number of rotatable bonds is 5. The second kappa shape index (κ2) is 11.3. The molecule has 6 atom stereocenters. The zero-order chi connectivity index (χ0) is 18.1. The first-order valence-corrected chi connectivity index (χ1v) is 10.4. The number of allylic oxidation sites excluding steroid dienone is 1. The highest BCUT2D eigenvalue weighted by Crippen LogP contribution is 2.34. The van der Waals surface area contributed by atoms with Gasteiger partial charge in [-0.2, -0.15) is 0 Å². The van der Waals surface area contributed by atoms with Gasteiger partial charge in [-0.25, -0.2) is 0 Å². The average Bonchev–Trinajstić information content (AvgIpc) is 2.63. The molecule has 2 nitrogen and oxygen atoms in total. The molecule has 2 heteroatoms. The molecule has 24 heavy (non-hydrogen) atoms. The van der Waals surface area contributed by atoms with Gasteiger partial charge in [0.05, 0.1) is 12.7 Å². The van der Waals surface area contributed by atoms with Crippen LogP contribution in [0.3, 0.4) is 0 Å². The molecule has 1 saturated carbocycles. The zero-order valence-corrected chi connectivity index (χ0v) is 16.8. The second-order valence-corrected chi connectivity index (χ2v) is 8.44. The van der Waals surface area contributed by atoms with Crippen LogP contribution in [0.25, 0.3) is 0 Å². The molecule has 2 rings (SSSR count). The van der Waals surface area contributed by atoms with Crippen LogP contribution in [0.1, 0.15) is 86.0 Å². The summed E-state index contributed by atoms with van der Waals surface area (Å²) >= 11 is 0. The zero-order valence-electron chi connectivity index (χ0n) is 16.8. The van der Waals surface area contributed by atoms with E-state index >= 15 is 0 Å². The molecule has 0 aliphatic heterocycles. The molecule has 1 fully saturated rings. The van der Waals surface area contributed by atoms with Gasteiger partial charge >= 0.3 is 0 Å². The van der Waals surface area contributed by atoms with Crippen LogP contribution in [0, 0.1) is 29.6 Å². The van der Waals surface area contributed by atoms with E-state index in [1.54, 1.807) is 0 Å². The van der Waals surface area contributed by atoms with Crippen LogP contribution in [0.2, 0.25) is 0 Å². The average molecular weight is 339 g/mol. The maximum Gasteiger partial charge on any atom is 0.0641 e. The van der Waals surface area contributed by atoms with Crippen molar-refractivity contribution in [1.82, 2.24) is 0 Å². The fraction of sp³-hybridized carbons (Fsp3) is 0.909. The minimum Gasteiger partial charge on any atom is -0.393 e. The largest absolute Gasteiger partial charge is 0.393 e. The summed E-state index contributed by atoms with van der Waals surface area (Å²) in [4.78, 5) is 0. The third-order valence-electron chi connectivity index (χ3n) is 6.84. The molecule has 0 aromatic heterocycles. The van der Waals surface area contributed by atoms with E-state index in [1.807, 2.05) is 0 Å². The van der Waals surface area contributed by atoms with Crippen molar-refractivity contribution in [2.24, 2.45) is 29.6 Å². The highest BCUT2D eigenvalue weighted by Gasteiger charge is 2.28. The van der Waals surface area contributed by atoms with E-state index in [1.165, 1.54) is 44.1 Å². The number of hydrogen-bond donors (Lipinski definition) is 2. The number of aliphatic hydroxyl groups excluding tert-OH is 2. The third kappa shape index (κ3) is 6.88. The van der Waals surface area contributed by atoms with Crippen LogP contribution in [0.15, 0.2) is 11.6 Å². The molecule has 0 saturated heterocycles. The molecular weight excluding hydrogens is 296 g/mol. The van der Waals surface area contributed by atoms with Crippen LogP contribution in [-0.2, 0) is 0 Å². The molecule has 0 aromatic rings. The van der Waals surface area contributed by atoms with E-state index in [9.17, 15) is 5.11 Å². The summed E-state index contributed by atoms with van der Waals surface area (Å²) in [6.45, 7) is 11.6. The fourth-order valence-corrected chi connectivity index (χ4v) is 4.08. The van der Waals surface area contributed by atoms with Crippen LogP contribution in [-0.4, -0.2) is 22.9 Å². The van der Waals surface area contributed by atoms with Gasteiger partial charge in [-0.15, -0.1) is 0 Å². The normalized spacial score (nSPS) is 33.0. The Balaban J connectivity index is 0.000000240. The first-order valence-electron chi connectivity index (χ1n) is 10.4. The Hall–Kier alpha value is -0.340. The molecule has 0 bridgehead atoms. The summed E-state index contributed by atoms with van der Waals surface area (Å²) in [5.41, 5.74) is 1.24. The molecule has 142 valence electrons. The highest BCUT2D eigenvalue weighted by atomic mass is 16.3. The monoisotopic (exact) mass is 338 g/mol. The fourth-order valence-electron chi connectivity index (χ4n) is 4.08. The van der Waals surface area contributed by atoms with Crippen molar-refractivity contribution in [3.05, 3.63) is 11.6 Å². The first kappa shape index (κ1) is 21.7. The molecule has 6 unspecified atom stereocenters. The molecule has 2 N–H and O–H groups in total. The van der Waals surface area contributed by atoms with E-state index in [4.69, 9.17) is 5.11 Å². The predicted molar refractivity (Wildman–Crippen MR) is 104 cm³/mol. The molecule has 0 heterocycles. The Morgan fingerprint density at radius 2 is 1.67 bits per heavy atom. The van der Waals surface area contributed by atoms with Gasteiger partial charge in [0.15, 0.2) is 0 Å². The van der Waals surface area contributed by atoms with Gasteiger partial charge in [0, 0.05) is 0 Å². The van der Waals surface area contributed by atoms with Gasteiger partial charge in [-0.1, -0.05) is 53.5 Å². The van der Waals surface area contributed by atoms with E-state index in [-0.39, 0.29) is 12.7 Å². The van der Waals surface area contributed by atoms with Gasteiger partial charge in [0.25, 0.3) is 0 Å². The standard InChI is InChI=1S/C11H22O.C11H20O/c1-4-8(2)10-6-5-9(3)11(12)7-10;1-3-9(2)11-6-4-10(8-12)5-7-11/h8-12H,4-7H2,1-3H3;4,9,11-12H,3,5-8H2,1-2H3. The summed E-state index contributed by atoms with van der Waals surface area (Å²) in [5.74, 6) is 3.82. The minimum absolute atomic E-state index is 0.0299. The Morgan fingerprint density at radius 3 is 2.12 bits per heavy atom. The minimum atomic E-state index is -0.0299. The van der Waals surface area contributed by atoms with Gasteiger partial charge < -0.3 is 10.2 Å². The first-order chi connectivity index (χ1) is 11.4. The lowest BCUT2D eigenvalue weighted by molar-refractivity contribution is 0.0381.